The molecule has 4 nitrogen and oxygen atoms in total. The Kier molecular flexibility index (Phi) is 4.52. The van der Waals surface area contributed by atoms with Gasteiger partial charge in [0.15, 0.2) is 0 Å². The van der Waals surface area contributed by atoms with Gasteiger partial charge in [0.1, 0.15) is 11.1 Å². The average molecular weight is 243 g/mol. The van der Waals surface area contributed by atoms with Crippen LogP contribution in [0.15, 0.2) is 0 Å². The second-order valence-electron chi connectivity index (χ2n) is 4.61. The van der Waals surface area contributed by atoms with E-state index in [9.17, 15) is 0 Å². The van der Waals surface area contributed by atoms with E-state index in [1.165, 1.54) is 32.5 Å². The molecule has 0 aliphatic carbocycles. The van der Waals surface area contributed by atoms with Gasteiger partial charge in [0.25, 0.3) is 0 Å². The predicted octanol–water partition coefficient (Wildman–Crippen LogP) is 0.0691. The zero-order chi connectivity index (χ0) is 11.4. The molecule has 2 heterocycles. The van der Waals surface area contributed by atoms with Crippen LogP contribution in [-0.4, -0.2) is 66.8 Å². The summed E-state index contributed by atoms with van der Waals surface area (Å²) in [6.07, 6.45) is 2.68. The van der Waals surface area contributed by atoms with Gasteiger partial charge >= 0.3 is 0 Å². The second kappa shape index (κ2) is 5.91. The molecule has 2 N–H and O–H groups in total. The molecular formula is C11H21N3OS. The fourth-order valence-corrected chi connectivity index (χ4v) is 2.51. The minimum atomic E-state index is -0.0395. The summed E-state index contributed by atoms with van der Waals surface area (Å²) in [5.41, 5.74) is 5.62. The first-order valence-corrected chi connectivity index (χ1v) is 6.52. The molecule has 92 valence electrons. The van der Waals surface area contributed by atoms with Gasteiger partial charge in [-0.05, 0) is 25.9 Å². The maximum absolute atomic E-state index is 5.62. The molecule has 0 saturated carbocycles. The quantitative estimate of drug-likeness (QED) is 0.708. The molecule has 16 heavy (non-hydrogen) atoms. The molecule has 0 aromatic carbocycles. The van der Waals surface area contributed by atoms with E-state index < -0.39 is 0 Å². The third kappa shape index (κ3) is 3.38. The van der Waals surface area contributed by atoms with Gasteiger partial charge in [-0.15, -0.1) is 0 Å². The lowest BCUT2D eigenvalue weighted by Gasteiger charge is -2.33. The lowest BCUT2D eigenvalue weighted by atomic mass is 10.2. The van der Waals surface area contributed by atoms with E-state index >= 15 is 0 Å². The lowest BCUT2D eigenvalue weighted by molar-refractivity contribution is 0.00473. The number of thiocarbonyl (C=S) groups is 1. The van der Waals surface area contributed by atoms with Crippen LogP contribution in [0.4, 0.5) is 0 Å². The zero-order valence-electron chi connectivity index (χ0n) is 9.73. The molecule has 0 spiro atoms. The first-order chi connectivity index (χ1) is 7.75. The van der Waals surface area contributed by atoms with E-state index in [0.717, 1.165) is 26.2 Å². The van der Waals surface area contributed by atoms with Crippen LogP contribution < -0.4 is 5.73 Å². The third-order valence-electron chi connectivity index (χ3n) is 3.40. The van der Waals surface area contributed by atoms with Crippen molar-refractivity contribution < 1.29 is 4.74 Å². The molecule has 2 saturated heterocycles. The van der Waals surface area contributed by atoms with Crippen molar-refractivity contribution in [3.05, 3.63) is 0 Å². The van der Waals surface area contributed by atoms with Crippen LogP contribution in [0.5, 0.6) is 0 Å². The van der Waals surface area contributed by atoms with Crippen LogP contribution in [-0.2, 0) is 4.74 Å². The first kappa shape index (κ1) is 12.2. The number of morpholine rings is 1. The number of likely N-dealkylation sites (tertiary alicyclic amines) is 1. The summed E-state index contributed by atoms with van der Waals surface area (Å²) >= 11 is 4.98. The summed E-state index contributed by atoms with van der Waals surface area (Å²) < 4.78 is 5.52. The van der Waals surface area contributed by atoms with Crippen molar-refractivity contribution in [3.8, 4) is 0 Å². The maximum atomic E-state index is 5.62. The second-order valence-corrected chi connectivity index (χ2v) is 5.08. The lowest BCUT2D eigenvalue weighted by Crippen LogP contribution is -2.49. The topological polar surface area (TPSA) is 41.7 Å². The number of hydrogen-bond donors (Lipinski definition) is 1. The standard InChI is InChI=1S/C11H21N3OS/c12-11(16)10-9-14(7-8-15-10)6-5-13-3-1-2-4-13/h10H,1-9H2,(H2,12,16). The van der Waals surface area contributed by atoms with Crippen molar-refractivity contribution >= 4 is 17.2 Å². The normalized spacial score (nSPS) is 28.4. The van der Waals surface area contributed by atoms with Crippen molar-refractivity contribution in [2.24, 2.45) is 5.73 Å². The van der Waals surface area contributed by atoms with E-state index in [2.05, 4.69) is 9.80 Å². The third-order valence-corrected chi connectivity index (χ3v) is 3.66. The van der Waals surface area contributed by atoms with Crippen molar-refractivity contribution in [2.45, 2.75) is 18.9 Å². The minimum Gasteiger partial charge on any atom is -0.391 e. The van der Waals surface area contributed by atoms with E-state index in [1.807, 2.05) is 0 Å². The SMILES string of the molecule is NC(=S)C1CN(CCN2CCCC2)CCO1. The highest BCUT2D eigenvalue weighted by molar-refractivity contribution is 7.80. The number of rotatable bonds is 4. The fraction of sp³-hybridized carbons (Fsp3) is 0.909. The Hall–Kier alpha value is -0.230. The van der Waals surface area contributed by atoms with E-state index in [0.29, 0.717) is 4.99 Å². The molecule has 0 bridgehead atoms. The molecule has 2 aliphatic heterocycles. The molecule has 0 radical (unpaired) electrons. The van der Waals surface area contributed by atoms with Gasteiger partial charge in [0.05, 0.1) is 6.61 Å². The van der Waals surface area contributed by atoms with Crippen molar-refractivity contribution in [1.82, 2.24) is 9.80 Å². The van der Waals surface area contributed by atoms with Gasteiger partial charge in [-0.1, -0.05) is 12.2 Å². The van der Waals surface area contributed by atoms with Crippen LogP contribution >= 0.6 is 12.2 Å². The van der Waals surface area contributed by atoms with E-state index in [4.69, 9.17) is 22.7 Å². The molecule has 0 amide bonds. The summed E-state index contributed by atoms with van der Waals surface area (Å²) in [6, 6.07) is 0. The van der Waals surface area contributed by atoms with Crippen molar-refractivity contribution in [2.75, 3.05) is 45.9 Å². The van der Waals surface area contributed by atoms with E-state index in [-0.39, 0.29) is 6.10 Å². The van der Waals surface area contributed by atoms with Crippen LogP contribution in [0.2, 0.25) is 0 Å². The molecule has 1 atom stereocenters. The Labute approximate surface area is 103 Å². The Morgan fingerprint density at radius 3 is 2.56 bits per heavy atom. The van der Waals surface area contributed by atoms with E-state index in [1.54, 1.807) is 0 Å². The van der Waals surface area contributed by atoms with Gasteiger partial charge in [-0.25, -0.2) is 0 Å². The number of hydrogen-bond acceptors (Lipinski definition) is 4. The highest BCUT2D eigenvalue weighted by Crippen LogP contribution is 2.09. The number of nitrogens with zero attached hydrogens (tertiary/aromatic N) is 2. The minimum absolute atomic E-state index is 0.0395. The zero-order valence-corrected chi connectivity index (χ0v) is 10.5. The summed E-state index contributed by atoms with van der Waals surface area (Å²) in [6.45, 7) is 7.44. The molecule has 0 aromatic rings. The Morgan fingerprint density at radius 2 is 1.88 bits per heavy atom. The molecule has 1 unspecified atom stereocenters. The highest BCUT2D eigenvalue weighted by Gasteiger charge is 2.22. The Morgan fingerprint density at radius 1 is 1.19 bits per heavy atom. The molecule has 5 heteroatoms. The summed E-state index contributed by atoms with van der Waals surface area (Å²) in [5, 5.41) is 0. The highest BCUT2D eigenvalue weighted by atomic mass is 32.1. The van der Waals surface area contributed by atoms with Crippen LogP contribution in [0, 0.1) is 0 Å². The fourth-order valence-electron chi connectivity index (χ4n) is 2.37. The molecule has 2 aliphatic rings. The maximum Gasteiger partial charge on any atom is 0.120 e. The van der Waals surface area contributed by atoms with Gasteiger partial charge in [0, 0.05) is 26.2 Å². The summed E-state index contributed by atoms with van der Waals surface area (Å²) in [4.78, 5) is 5.43. The number of nitrogens with two attached hydrogens (primary N) is 1. The Balaban J connectivity index is 1.70. The Bertz CT molecular complexity index is 243. The van der Waals surface area contributed by atoms with Gasteiger partial charge < -0.3 is 15.4 Å². The molecule has 2 fully saturated rings. The van der Waals surface area contributed by atoms with Crippen LogP contribution in [0.25, 0.3) is 0 Å². The van der Waals surface area contributed by atoms with Gasteiger partial charge in [-0.3, -0.25) is 4.90 Å². The largest absolute Gasteiger partial charge is 0.391 e. The van der Waals surface area contributed by atoms with Gasteiger partial charge in [0.2, 0.25) is 0 Å². The summed E-state index contributed by atoms with van der Waals surface area (Å²) in [7, 11) is 0. The smallest absolute Gasteiger partial charge is 0.120 e. The van der Waals surface area contributed by atoms with Crippen molar-refractivity contribution in [3.63, 3.8) is 0 Å². The molecule has 2 rings (SSSR count). The van der Waals surface area contributed by atoms with Crippen LogP contribution in [0.1, 0.15) is 12.8 Å². The van der Waals surface area contributed by atoms with Crippen LogP contribution in [0.3, 0.4) is 0 Å². The predicted molar refractivity (Wildman–Crippen MR) is 68.6 cm³/mol. The first-order valence-electron chi connectivity index (χ1n) is 6.11. The average Bonchev–Trinajstić information content (AvgIpc) is 2.79. The monoisotopic (exact) mass is 243 g/mol. The van der Waals surface area contributed by atoms with Crippen molar-refractivity contribution in [1.29, 1.82) is 0 Å². The summed E-state index contributed by atoms with van der Waals surface area (Å²) in [5.74, 6) is 0. The molecular weight excluding hydrogens is 222 g/mol. The van der Waals surface area contributed by atoms with Gasteiger partial charge in [-0.2, -0.15) is 0 Å². The molecule has 0 aromatic heterocycles. The number of ether oxygens (including phenoxy) is 1.